The molecule has 0 saturated carbocycles. The molecule has 1 heteroatoms. The van der Waals surface area contributed by atoms with Crippen LogP contribution in [0.3, 0.4) is 0 Å². The molecule has 0 radical (unpaired) electrons. The summed E-state index contributed by atoms with van der Waals surface area (Å²) >= 11 is 0. The van der Waals surface area contributed by atoms with E-state index in [0.717, 1.165) is 31.3 Å². The third-order valence-corrected chi connectivity index (χ3v) is 2.28. The molecule has 2 aliphatic rings. The molecule has 0 aliphatic heterocycles. The van der Waals surface area contributed by atoms with Crippen molar-refractivity contribution >= 4 is 0 Å². The van der Waals surface area contributed by atoms with E-state index in [1.165, 1.54) is 5.57 Å². The van der Waals surface area contributed by atoms with Gasteiger partial charge in [-0.2, -0.15) is 0 Å². The molecule has 1 N–H and O–H groups in total. The molecule has 0 aromatic rings. The van der Waals surface area contributed by atoms with E-state index in [9.17, 15) is 5.11 Å². The molecule has 0 fully saturated rings. The maximum Gasteiger partial charge on any atom is 0.118 e. The van der Waals surface area contributed by atoms with Crippen LogP contribution in [0.15, 0.2) is 35.1 Å². The second kappa shape index (κ2) is 2.57. The molecule has 0 aromatic heterocycles. The zero-order valence-corrected chi connectivity index (χ0v) is 6.51. The minimum Gasteiger partial charge on any atom is -0.508 e. The Morgan fingerprint density at radius 1 is 1.00 bits per heavy atom. The second-order valence-electron chi connectivity index (χ2n) is 3.05. The summed E-state index contributed by atoms with van der Waals surface area (Å²) in [6.45, 7) is 0. The van der Waals surface area contributed by atoms with Crippen LogP contribution in [-0.4, -0.2) is 5.11 Å². The van der Waals surface area contributed by atoms with Crippen LogP contribution in [-0.2, 0) is 0 Å². The van der Waals surface area contributed by atoms with Crippen LogP contribution in [0, 0.1) is 0 Å². The zero-order chi connectivity index (χ0) is 7.68. The van der Waals surface area contributed by atoms with Gasteiger partial charge in [-0.15, -0.1) is 0 Å². The highest BCUT2D eigenvalue weighted by molar-refractivity contribution is 5.47. The summed E-state index contributed by atoms with van der Waals surface area (Å²) < 4.78 is 0. The second-order valence-corrected chi connectivity index (χ2v) is 3.05. The van der Waals surface area contributed by atoms with Crippen molar-refractivity contribution in [1.29, 1.82) is 0 Å². The van der Waals surface area contributed by atoms with E-state index in [0.29, 0.717) is 5.76 Å². The molecule has 0 aromatic carbocycles. The van der Waals surface area contributed by atoms with Crippen LogP contribution in [0.5, 0.6) is 0 Å². The number of fused-ring (bicyclic) bond motifs is 1. The Kier molecular flexibility index (Phi) is 1.57. The van der Waals surface area contributed by atoms with E-state index < -0.39 is 0 Å². The minimum absolute atomic E-state index is 0.488. The highest BCUT2D eigenvalue weighted by Crippen LogP contribution is 2.31. The van der Waals surface area contributed by atoms with Gasteiger partial charge in [-0.1, -0.05) is 12.2 Å². The van der Waals surface area contributed by atoms with Crippen LogP contribution in [0.2, 0.25) is 0 Å². The quantitative estimate of drug-likeness (QED) is 0.560. The lowest BCUT2D eigenvalue weighted by Gasteiger charge is -2.19. The van der Waals surface area contributed by atoms with Crippen LogP contribution >= 0.6 is 0 Å². The molecule has 0 atom stereocenters. The minimum atomic E-state index is 0.488. The molecule has 2 aliphatic carbocycles. The Hall–Kier alpha value is -0.980. The summed E-state index contributed by atoms with van der Waals surface area (Å²) in [6.07, 6.45) is 10.6. The number of aliphatic hydroxyl groups excluding tert-OH is 1. The largest absolute Gasteiger partial charge is 0.508 e. The summed E-state index contributed by atoms with van der Waals surface area (Å²) in [4.78, 5) is 0. The summed E-state index contributed by atoms with van der Waals surface area (Å²) in [5.74, 6) is 0.488. The van der Waals surface area contributed by atoms with Gasteiger partial charge in [0.15, 0.2) is 0 Å². The SMILES string of the molecule is OC1=CCCC2=CCCC=C12. The molecular weight excluding hydrogens is 136 g/mol. The molecule has 0 heterocycles. The first kappa shape index (κ1) is 6.71. The Balaban J connectivity index is 2.38. The van der Waals surface area contributed by atoms with Crippen molar-refractivity contribution in [1.82, 2.24) is 0 Å². The van der Waals surface area contributed by atoms with E-state index in [2.05, 4.69) is 12.2 Å². The molecule has 0 bridgehead atoms. The lowest BCUT2D eigenvalue weighted by molar-refractivity contribution is 0.416. The van der Waals surface area contributed by atoms with Crippen molar-refractivity contribution in [3.63, 3.8) is 0 Å². The molecule has 1 nitrogen and oxygen atoms in total. The van der Waals surface area contributed by atoms with E-state index >= 15 is 0 Å². The van der Waals surface area contributed by atoms with Gasteiger partial charge in [-0.3, -0.25) is 0 Å². The molecule has 0 saturated heterocycles. The van der Waals surface area contributed by atoms with Crippen LogP contribution in [0.4, 0.5) is 0 Å². The number of rotatable bonds is 0. The molecule has 0 unspecified atom stereocenters. The molecule has 0 spiro atoms. The molecule has 0 amide bonds. The predicted octanol–water partition coefficient (Wildman–Crippen LogP) is 2.87. The Morgan fingerprint density at radius 3 is 2.64 bits per heavy atom. The monoisotopic (exact) mass is 148 g/mol. The first-order valence-corrected chi connectivity index (χ1v) is 4.17. The van der Waals surface area contributed by atoms with Crippen LogP contribution in [0.1, 0.15) is 25.7 Å². The molecular formula is C10H12O. The summed E-state index contributed by atoms with van der Waals surface area (Å²) in [6, 6.07) is 0. The van der Waals surface area contributed by atoms with Gasteiger partial charge in [0.25, 0.3) is 0 Å². The van der Waals surface area contributed by atoms with Crippen molar-refractivity contribution in [2.24, 2.45) is 0 Å². The lowest BCUT2D eigenvalue weighted by Crippen LogP contribution is -2.02. The zero-order valence-electron chi connectivity index (χ0n) is 6.51. The molecule has 11 heavy (non-hydrogen) atoms. The fraction of sp³-hybridized carbons (Fsp3) is 0.400. The van der Waals surface area contributed by atoms with Gasteiger partial charge >= 0.3 is 0 Å². The average molecular weight is 148 g/mol. The van der Waals surface area contributed by atoms with Crippen molar-refractivity contribution in [3.8, 4) is 0 Å². The average Bonchev–Trinajstić information content (AvgIpc) is 2.06. The molecule has 58 valence electrons. The Labute approximate surface area is 66.7 Å². The fourth-order valence-electron chi connectivity index (χ4n) is 1.71. The van der Waals surface area contributed by atoms with Crippen molar-refractivity contribution in [2.45, 2.75) is 25.7 Å². The number of hydrogen-bond donors (Lipinski definition) is 1. The van der Waals surface area contributed by atoms with Crippen molar-refractivity contribution in [2.75, 3.05) is 0 Å². The van der Waals surface area contributed by atoms with Gasteiger partial charge < -0.3 is 5.11 Å². The van der Waals surface area contributed by atoms with Crippen LogP contribution < -0.4 is 0 Å². The van der Waals surface area contributed by atoms with E-state index in [-0.39, 0.29) is 0 Å². The van der Waals surface area contributed by atoms with E-state index in [1.54, 1.807) is 0 Å². The standard InChI is InChI=1S/C10H12O/c11-10-7-3-5-8-4-1-2-6-9(8)10/h4,6-7,11H,1-3,5H2. The van der Waals surface area contributed by atoms with Gasteiger partial charge in [-0.25, -0.2) is 0 Å². The summed E-state index contributed by atoms with van der Waals surface area (Å²) in [5, 5.41) is 9.46. The fourth-order valence-corrected chi connectivity index (χ4v) is 1.71. The van der Waals surface area contributed by atoms with Gasteiger partial charge in [0.1, 0.15) is 5.76 Å². The highest BCUT2D eigenvalue weighted by Gasteiger charge is 2.15. The van der Waals surface area contributed by atoms with Crippen molar-refractivity contribution < 1.29 is 5.11 Å². The third kappa shape index (κ3) is 1.11. The summed E-state index contributed by atoms with van der Waals surface area (Å²) in [7, 11) is 0. The first-order valence-electron chi connectivity index (χ1n) is 4.17. The smallest absolute Gasteiger partial charge is 0.118 e. The van der Waals surface area contributed by atoms with E-state index in [4.69, 9.17) is 0 Å². The predicted molar refractivity (Wildman–Crippen MR) is 45.3 cm³/mol. The van der Waals surface area contributed by atoms with Gasteiger partial charge in [0.05, 0.1) is 0 Å². The number of aliphatic hydroxyl groups is 1. The van der Waals surface area contributed by atoms with Crippen molar-refractivity contribution in [3.05, 3.63) is 35.1 Å². The van der Waals surface area contributed by atoms with E-state index in [1.807, 2.05) is 6.08 Å². The normalized spacial score (nSPS) is 23.1. The lowest BCUT2D eigenvalue weighted by atomic mass is 9.89. The summed E-state index contributed by atoms with van der Waals surface area (Å²) in [5.41, 5.74) is 2.43. The molecule has 2 rings (SSSR count). The van der Waals surface area contributed by atoms with Gasteiger partial charge in [0.2, 0.25) is 0 Å². The number of allylic oxidation sites excluding steroid dienone is 4. The topological polar surface area (TPSA) is 20.2 Å². The maximum atomic E-state index is 9.46. The Bertz CT molecular complexity index is 256. The maximum absolute atomic E-state index is 9.46. The first-order chi connectivity index (χ1) is 5.38. The van der Waals surface area contributed by atoms with Gasteiger partial charge in [0, 0.05) is 5.57 Å². The highest BCUT2D eigenvalue weighted by atomic mass is 16.3. The number of hydrogen-bond acceptors (Lipinski definition) is 1. The van der Waals surface area contributed by atoms with Crippen LogP contribution in [0.25, 0.3) is 0 Å². The van der Waals surface area contributed by atoms with Gasteiger partial charge in [-0.05, 0) is 37.3 Å². The third-order valence-electron chi connectivity index (χ3n) is 2.28. The Morgan fingerprint density at radius 2 is 1.82 bits per heavy atom.